The number of para-hydroxylation sites is 1. The number of hydrogen-bond acceptors (Lipinski definition) is 2. The van der Waals surface area contributed by atoms with Crippen LogP contribution in [-0.4, -0.2) is 24.0 Å². The molecule has 86 valence electrons. The molecule has 6 heteroatoms. The Kier molecular flexibility index (Phi) is 4.13. The molecule has 0 saturated carbocycles. The molecule has 0 bridgehead atoms. The first-order chi connectivity index (χ1) is 7.50. The van der Waals surface area contributed by atoms with Crippen molar-refractivity contribution in [2.45, 2.75) is 6.92 Å². The number of benzene rings is 1. The van der Waals surface area contributed by atoms with Crippen LogP contribution in [0.4, 0.5) is 10.5 Å². The van der Waals surface area contributed by atoms with Crippen LogP contribution in [0.2, 0.25) is 5.02 Å². The predicted molar refractivity (Wildman–Crippen MR) is 62.1 cm³/mol. The molecule has 0 aliphatic rings. The van der Waals surface area contributed by atoms with E-state index in [1.165, 1.54) is 14.0 Å². The Balaban J connectivity index is 2.64. The van der Waals surface area contributed by atoms with Crippen LogP contribution < -0.4 is 10.7 Å². The van der Waals surface area contributed by atoms with Gasteiger partial charge in [-0.25, -0.2) is 9.80 Å². The van der Waals surface area contributed by atoms with Crippen molar-refractivity contribution in [2.75, 3.05) is 12.4 Å². The van der Waals surface area contributed by atoms with Crippen molar-refractivity contribution in [3.05, 3.63) is 29.3 Å². The third kappa shape index (κ3) is 3.43. The number of halogens is 1. The maximum absolute atomic E-state index is 11.5. The fraction of sp³-hybridized carbons (Fsp3) is 0.200. The second kappa shape index (κ2) is 5.37. The molecule has 16 heavy (non-hydrogen) atoms. The van der Waals surface area contributed by atoms with E-state index in [4.69, 9.17) is 11.6 Å². The fourth-order valence-corrected chi connectivity index (χ4v) is 1.23. The van der Waals surface area contributed by atoms with Crippen LogP contribution in [0, 0.1) is 0 Å². The van der Waals surface area contributed by atoms with E-state index in [0.29, 0.717) is 10.7 Å². The van der Waals surface area contributed by atoms with Crippen LogP contribution in [0.1, 0.15) is 6.92 Å². The summed E-state index contributed by atoms with van der Waals surface area (Å²) in [5, 5.41) is 4.04. The highest BCUT2D eigenvalue weighted by atomic mass is 35.5. The van der Waals surface area contributed by atoms with Crippen LogP contribution >= 0.6 is 11.6 Å². The first kappa shape index (κ1) is 12.3. The molecule has 0 heterocycles. The number of amides is 3. The van der Waals surface area contributed by atoms with E-state index in [-0.39, 0.29) is 5.91 Å². The SMILES string of the molecule is CC(=O)NN(C)C(=O)Nc1ccccc1Cl. The second-order valence-corrected chi connectivity index (χ2v) is 3.54. The average Bonchev–Trinajstić information content (AvgIpc) is 2.20. The van der Waals surface area contributed by atoms with Crippen molar-refractivity contribution < 1.29 is 9.59 Å². The monoisotopic (exact) mass is 241 g/mol. The summed E-state index contributed by atoms with van der Waals surface area (Å²) in [6, 6.07) is 6.37. The molecule has 0 atom stereocenters. The molecular weight excluding hydrogens is 230 g/mol. The van der Waals surface area contributed by atoms with E-state index in [9.17, 15) is 9.59 Å². The molecule has 0 aromatic heterocycles. The number of rotatable bonds is 1. The lowest BCUT2D eigenvalue weighted by atomic mass is 10.3. The summed E-state index contributed by atoms with van der Waals surface area (Å²) < 4.78 is 0. The quantitative estimate of drug-likeness (QED) is 0.738. The third-order valence-corrected chi connectivity index (χ3v) is 2.07. The lowest BCUT2D eigenvalue weighted by molar-refractivity contribution is -0.122. The highest BCUT2D eigenvalue weighted by Crippen LogP contribution is 2.20. The van der Waals surface area contributed by atoms with Gasteiger partial charge in [0.05, 0.1) is 10.7 Å². The maximum Gasteiger partial charge on any atom is 0.340 e. The van der Waals surface area contributed by atoms with Crippen molar-refractivity contribution in [1.82, 2.24) is 10.4 Å². The minimum atomic E-state index is -0.469. The standard InChI is InChI=1S/C10H12ClN3O2/c1-7(15)13-14(2)10(16)12-9-6-4-3-5-8(9)11/h3-6H,1-2H3,(H,12,16)(H,13,15). The highest BCUT2D eigenvalue weighted by molar-refractivity contribution is 6.33. The molecule has 1 aromatic carbocycles. The van der Waals surface area contributed by atoms with Crippen LogP contribution in [0.3, 0.4) is 0 Å². The molecule has 0 radical (unpaired) electrons. The molecule has 0 aliphatic carbocycles. The van der Waals surface area contributed by atoms with Gasteiger partial charge in [-0.2, -0.15) is 0 Å². The fourth-order valence-electron chi connectivity index (χ4n) is 1.05. The molecule has 3 amide bonds. The number of nitrogens with one attached hydrogen (secondary N) is 2. The van der Waals surface area contributed by atoms with Gasteiger partial charge in [0.2, 0.25) is 5.91 Å². The average molecular weight is 242 g/mol. The number of nitrogens with zero attached hydrogens (tertiary/aromatic N) is 1. The van der Waals surface area contributed by atoms with E-state index < -0.39 is 6.03 Å². The van der Waals surface area contributed by atoms with Crippen molar-refractivity contribution >= 4 is 29.2 Å². The molecule has 0 aliphatic heterocycles. The Morgan fingerprint density at radius 3 is 2.50 bits per heavy atom. The van der Waals surface area contributed by atoms with Gasteiger partial charge in [-0.3, -0.25) is 10.2 Å². The van der Waals surface area contributed by atoms with Gasteiger partial charge >= 0.3 is 6.03 Å². The zero-order valence-electron chi connectivity index (χ0n) is 8.95. The van der Waals surface area contributed by atoms with Crippen molar-refractivity contribution in [1.29, 1.82) is 0 Å². The molecule has 1 aromatic rings. The summed E-state index contributed by atoms with van der Waals surface area (Å²) in [4.78, 5) is 22.3. The van der Waals surface area contributed by atoms with E-state index in [0.717, 1.165) is 5.01 Å². The van der Waals surface area contributed by atoms with E-state index >= 15 is 0 Å². The minimum Gasteiger partial charge on any atom is -0.305 e. The number of hydrogen-bond donors (Lipinski definition) is 2. The van der Waals surface area contributed by atoms with Crippen LogP contribution in [0.25, 0.3) is 0 Å². The van der Waals surface area contributed by atoms with Gasteiger partial charge < -0.3 is 5.32 Å². The first-order valence-electron chi connectivity index (χ1n) is 4.57. The van der Waals surface area contributed by atoms with Crippen LogP contribution in [0.5, 0.6) is 0 Å². The van der Waals surface area contributed by atoms with E-state index in [2.05, 4.69) is 10.7 Å². The summed E-state index contributed by atoms with van der Waals surface area (Å²) in [5.41, 5.74) is 2.81. The predicted octanol–water partition coefficient (Wildman–Crippen LogP) is 1.85. The molecule has 0 unspecified atom stereocenters. The Bertz CT molecular complexity index is 409. The Hall–Kier alpha value is -1.75. The second-order valence-electron chi connectivity index (χ2n) is 3.14. The van der Waals surface area contributed by atoms with Gasteiger partial charge in [-0.05, 0) is 12.1 Å². The molecule has 0 spiro atoms. The van der Waals surface area contributed by atoms with Gasteiger partial charge in [0, 0.05) is 14.0 Å². The largest absolute Gasteiger partial charge is 0.340 e. The molecular formula is C10H12ClN3O2. The van der Waals surface area contributed by atoms with Crippen molar-refractivity contribution in [3.63, 3.8) is 0 Å². The first-order valence-corrected chi connectivity index (χ1v) is 4.95. The lowest BCUT2D eigenvalue weighted by Crippen LogP contribution is -2.44. The molecule has 2 N–H and O–H groups in total. The van der Waals surface area contributed by atoms with Gasteiger partial charge in [0.25, 0.3) is 0 Å². The zero-order valence-corrected chi connectivity index (χ0v) is 9.71. The van der Waals surface area contributed by atoms with E-state index in [1.54, 1.807) is 24.3 Å². The van der Waals surface area contributed by atoms with E-state index in [1.807, 2.05) is 0 Å². The van der Waals surface area contributed by atoms with Gasteiger partial charge in [0.1, 0.15) is 0 Å². The van der Waals surface area contributed by atoms with Gasteiger partial charge in [0.15, 0.2) is 0 Å². The lowest BCUT2D eigenvalue weighted by Gasteiger charge is -2.18. The summed E-state index contributed by atoms with van der Waals surface area (Å²) in [6.07, 6.45) is 0. The Morgan fingerprint density at radius 1 is 1.31 bits per heavy atom. The summed E-state index contributed by atoms with van der Waals surface area (Å²) >= 11 is 5.86. The number of carbonyl (C=O) groups excluding carboxylic acids is 2. The smallest absolute Gasteiger partial charge is 0.305 e. The number of urea groups is 1. The van der Waals surface area contributed by atoms with Crippen molar-refractivity contribution in [3.8, 4) is 0 Å². The third-order valence-electron chi connectivity index (χ3n) is 1.75. The molecule has 0 fully saturated rings. The van der Waals surface area contributed by atoms with Crippen LogP contribution in [-0.2, 0) is 4.79 Å². The minimum absolute atomic E-state index is 0.322. The summed E-state index contributed by atoms with van der Waals surface area (Å²) in [6.45, 7) is 1.32. The molecule has 1 rings (SSSR count). The normalized spacial score (nSPS) is 9.44. The summed E-state index contributed by atoms with van der Waals surface area (Å²) in [5.74, 6) is -0.322. The summed E-state index contributed by atoms with van der Waals surface area (Å²) in [7, 11) is 1.44. The highest BCUT2D eigenvalue weighted by Gasteiger charge is 2.10. The number of hydrazine groups is 1. The molecule has 5 nitrogen and oxygen atoms in total. The number of carbonyl (C=O) groups is 2. The number of anilines is 1. The van der Waals surface area contributed by atoms with Crippen LogP contribution in [0.15, 0.2) is 24.3 Å². The van der Waals surface area contributed by atoms with Gasteiger partial charge in [-0.1, -0.05) is 23.7 Å². The maximum atomic E-state index is 11.5. The Labute approximate surface area is 98.3 Å². The zero-order chi connectivity index (χ0) is 12.1. The Morgan fingerprint density at radius 2 is 1.94 bits per heavy atom. The van der Waals surface area contributed by atoms with Gasteiger partial charge in [-0.15, -0.1) is 0 Å². The molecule has 0 saturated heterocycles. The van der Waals surface area contributed by atoms with Crippen molar-refractivity contribution in [2.24, 2.45) is 0 Å². The topological polar surface area (TPSA) is 61.4 Å².